The second-order valence-corrected chi connectivity index (χ2v) is 14.7. The number of hydrogen-bond acceptors (Lipinski definition) is 5. The molecule has 1 aliphatic carbocycles. The van der Waals surface area contributed by atoms with Crippen molar-refractivity contribution < 1.29 is 4.74 Å². The number of benzene rings is 8. The number of aromatic nitrogens is 3. The molecule has 9 aromatic rings. The van der Waals surface area contributed by atoms with Crippen molar-refractivity contribution in [1.29, 1.82) is 5.26 Å². The Bertz CT molecular complexity index is 3070. The van der Waals surface area contributed by atoms with E-state index in [1.807, 2.05) is 66.7 Å². The fourth-order valence-electron chi connectivity index (χ4n) is 8.81. The predicted octanol–water partition coefficient (Wildman–Crippen LogP) is 12.5. The second kappa shape index (κ2) is 13.4. The average molecular weight is 741 g/mol. The Morgan fingerprint density at radius 1 is 0.362 bits per heavy atom. The van der Waals surface area contributed by atoms with Crippen molar-refractivity contribution in [3.8, 4) is 85.1 Å². The van der Waals surface area contributed by atoms with Gasteiger partial charge in [-0.25, -0.2) is 15.0 Å². The summed E-state index contributed by atoms with van der Waals surface area (Å²) in [5.74, 6) is 3.47. The maximum Gasteiger partial charge on any atom is 0.164 e. The third-order valence-electron chi connectivity index (χ3n) is 11.4. The molecule has 0 bridgehead atoms. The maximum atomic E-state index is 9.76. The summed E-state index contributed by atoms with van der Waals surface area (Å²) in [6, 6.07) is 69.1. The first-order chi connectivity index (χ1) is 28.7. The van der Waals surface area contributed by atoms with E-state index in [1.165, 1.54) is 5.56 Å². The number of nitriles is 1. The summed E-state index contributed by atoms with van der Waals surface area (Å²) in [5, 5.41) is 9.76. The number of ether oxygens (including phenoxy) is 1. The minimum atomic E-state index is -0.640. The van der Waals surface area contributed by atoms with Gasteiger partial charge in [-0.3, -0.25) is 0 Å². The molecule has 0 saturated carbocycles. The molecule has 0 atom stereocenters. The fourth-order valence-corrected chi connectivity index (χ4v) is 8.81. The molecule has 8 aromatic carbocycles. The minimum absolute atomic E-state index is 0.588. The van der Waals surface area contributed by atoms with Crippen molar-refractivity contribution in [2.45, 2.75) is 5.41 Å². The summed E-state index contributed by atoms with van der Waals surface area (Å²) in [5.41, 5.74) is 13.6. The van der Waals surface area contributed by atoms with Gasteiger partial charge in [0.1, 0.15) is 11.5 Å². The lowest BCUT2D eigenvalue weighted by Gasteiger charge is -2.39. The average Bonchev–Trinajstić information content (AvgIpc) is 3.58. The van der Waals surface area contributed by atoms with Crippen LogP contribution in [0.4, 0.5) is 0 Å². The van der Waals surface area contributed by atoms with Gasteiger partial charge in [0, 0.05) is 27.8 Å². The first-order valence-corrected chi connectivity index (χ1v) is 19.3. The molecule has 0 unspecified atom stereocenters. The first-order valence-electron chi connectivity index (χ1n) is 19.3. The molecule has 0 radical (unpaired) electrons. The van der Waals surface area contributed by atoms with Crippen LogP contribution in [0.25, 0.3) is 67.5 Å². The van der Waals surface area contributed by atoms with Gasteiger partial charge in [-0.2, -0.15) is 5.26 Å². The topological polar surface area (TPSA) is 71.7 Å². The number of fused-ring (bicyclic) bond motifs is 9. The Morgan fingerprint density at radius 2 is 0.810 bits per heavy atom. The number of para-hydroxylation sites is 2. The van der Waals surface area contributed by atoms with E-state index in [9.17, 15) is 5.26 Å². The van der Waals surface area contributed by atoms with Crippen molar-refractivity contribution in [1.82, 2.24) is 15.0 Å². The number of nitrogens with zero attached hydrogens (tertiary/aromatic N) is 4. The van der Waals surface area contributed by atoms with Crippen LogP contribution in [0.1, 0.15) is 27.8 Å². The molecule has 1 spiro atoms. The molecule has 11 rings (SSSR count). The normalized spacial score (nSPS) is 12.7. The first kappa shape index (κ1) is 33.4. The summed E-state index contributed by atoms with van der Waals surface area (Å²) in [6.45, 7) is 0. The molecule has 0 saturated heterocycles. The van der Waals surface area contributed by atoms with Crippen LogP contribution in [-0.4, -0.2) is 15.0 Å². The van der Waals surface area contributed by atoms with E-state index < -0.39 is 5.41 Å². The van der Waals surface area contributed by atoms with E-state index >= 15 is 0 Å². The van der Waals surface area contributed by atoms with Crippen molar-refractivity contribution >= 4 is 0 Å². The lowest BCUT2D eigenvalue weighted by Crippen LogP contribution is -2.32. The Hall–Kier alpha value is -7.94. The van der Waals surface area contributed by atoms with Crippen molar-refractivity contribution in [3.63, 3.8) is 0 Å². The van der Waals surface area contributed by atoms with Crippen LogP contribution in [-0.2, 0) is 5.41 Å². The van der Waals surface area contributed by atoms with E-state index in [-0.39, 0.29) is 0 Å². The van der Waals surface area contributed by atoms with Gasteiger partial charge in [0.05, 0.1) is 17.0 Å². The summed E-state index contributed by atoms with van der Waals surface area (Å²) in [7, 11) is 0. The Morgan fingerprint density at radius 3 is 1.45 bits per heavy atom. The molecule has 1 aromatic heterocycles. The molecule has 2 aliphatic rings. The summed E-state index contributed by atoms with van der Waals surface area (Å²) < 4.78 is 6.60. The third-order valence-corrected chi connectivity index (χ3v) is 11.4. The van der Waals surface area contributed by atoms with Gasteiger partial charge in [0.25, 0.3) is 0 Å². The number of rotatable bonds is 5. The second-order valence-electron chi connectivity index (χ2n) is 14.7. The SMILES string of the molecule is N#Cc1cccc(-c2ccc3c(c2)-c2cc(-c4nc(-c5ccccc5)nc(-c5cccc(-c6ccccc6)c5)n4)ccc2C32c3ccccc3Oc3ccccc32)c1. The lowest BCUT2D eigenvalue weighted by molar-refractivity contribution is 0.436. The molecule has 0 N–H and O–H groups in total. The Labute approximate surface area is 336 Å². The van der Waals surface area contributed by atoms with E-state index in [0.29, 0.717) is 23.0 Å². The fraction of sp³-hybridized carbons (Fsp3) is 0.0189. The summed E-state index contributed by atoms with van der Waals surface area (Å²) in [6.07, 6.45) is 0. The summed E-state index contributed by atoms with van der Waals surface area (Å²) in [4.78, 5) is 15.4. The molecular formula is C53H32N4O. The molecule has 1 aliphatic heterocycles. The Balaban J connectivity index is 1.15. The zero-order chi connectivity index (χ0) is 38.6. The van der Waals surface area contributed by atoms with Gasteiger partial charge in [-0.15, -0.1) is 0 Å². The minimum Gasteiger partial charge on any atom is -0.457 e. The molecule has 58 heavy (non-hydrogen) atoms. The monoisotopic (exact) mass is 740 g/mol. The van der Waals surface area contributed by atoms with Crippen molar-refractivity contribution in [3.05, 3.63) is 222 Å². The van der Waals surface area contributed by atoms with Crippen LogP contribution in [0.2, 0.25) is 0 Å². The van der Waals surface area contributed by atoms with Crippen LogP contribution in [0.3, 0.4) is 0 Å². The van der Waals surface area contributed by atoms with Gasteiger partial charge in [0.2, 0.25) is 0 Å². The standard InChI is InChI=1S/C53H32N4O/c54-33-34-13-11-18-37(29-34)39-25-27-44-42(31-39)43-32-41(26-28-45(43)53(44)46-21-7-9-23-48(46)58-49-24-10-8-22-47(49)53)52-56-50(36-16-5-2-6-17-36)55-51(57-52)40-20-12-19-38(30-40)35-14-3-1-4-15-35/h1-32H. The van der Waals surface area contributed by atoms with E-state index in [1.54, 1.807) is 0 Å². The zero-order valence-electron chi connectivity index (χ0n) is 31.2. The van der Waals surface area contributed by atoms with E-state index in [0.717, 1.165) is 78.3 Å². The van der Waals surface area contributed by atoms with Crippen molar-refractivity contribution in [2.75, 3.05) is 0 Å². The maximum absolute atomic E-state index is 9.76. The highest BCUT2D eigenvalue weighted by Crippen LogP contribution is 2.62. The highest BCUT2D eigenvalue weighted by molar-refractivity contribution is 5.92. The van der Waals surface area contributed by atoms with Crippen molar-refractivity contribution in [2.24, 2.45) is 0 Å². The molecule has 5 heteroatoms. The molecule has 270 valence electrons. The molecule has 0 fully saturated rings. The summed E-state index contributed by atoms with van der Waals surface area (Å²) >= 11 is 0. The smallest absolute Gasteiger partial charge is 0.164 e. The van der Waals surface area contributed by atoms with Crippen LogP contribution in [0.15, 0.2) is 194 Å². The van der Waals surface area contributed by atoms with Crippen LogP contribution < -0.4 is 4.74 Å². The molecule has 2 heterocycles. The highest BCUT2D eigenvalue weighted by atomic mass is 16.5. The molecule has 0 amide bonds. The van der Waals surface area contributed by atoms with Gasteiger partial charge in [-0.1, -0.05) is 152 Å². The van der Waals surface area contributed by atoms with Gasteiger partial charge >= 0.3 is 0 Å². The largest absolute Gasteiger partial charge is 0.457 e. The predicted molar refractivity (Wildman–Crippen MR) is 229 cm³/mol. The lowest BCUT2D eigenvalue weighted by atomic mass is 9.66. The Kier molecular flexibility index (Phi) is 7.70. The van der Waals surface area contributed by atoms with E-state index in [2.05, 4.69) is 133 Å². The van der Waals surface area contributed by atoms with Gasteiger partial charge in [-0.05, 0) is 87.0 Å². The van der Waals surface area contributed by atoms with Crippen LogP contribution in [0.5, 0.6) is 11.5 Å². The van der Waals surface area contributed by atoms with Gasteiger partial charge < -0.3 is 4.74 Å². The van der Waals surface area contributed by atoms with Gasteiger partial charge in [0.15, 0.2) is 17.5 Å². The number of hydrogen-bond donors (Lipinski definition) is 0. The quantitative estimate of drug-likeness (QED) is 0.176. The highest BCUT2D eigenvalue weighted by Gasteiger charge is 2.51. The third kappa shape index (κ3) is 5.27. The zero-order valence-corrected chi connectivity index (χ0v) is 31.2. The van der Waals surface area contributed by atoms with Crippen LogP contribution >= 0.6 is 0 Å². The van der Waals surface area contributed by atoms with E-state index in [4.69, 9.17) is 19.7 Å². The van der Waals surface area contributed by atoms with Crippen LogP contribution in [0, 0.1) is 11.3 Å². The molecule has 5 nitrogen and oxygen atoms in total. The molecular weight excluding hydrogens is 709 g/mol.